The molecule has 0 aliphatic carbocycles. The molecule has 0 aromatic heterocycles. The normalized spacial score (nSPS) is 13.7. The molecule has 5 nitrogen and oxygen atoms in total. The second-order valence-corrected chi connectivity index (χ2v) is 12.1. The summed E-state index contributed by atoms with van der Waals surface area (Å²) in [4.78, 5) is -0.384. The summed E-state index contributed by atoms with van der Waals surface area (Å²) in [6.07, 6.45) is -2.08. The highest BCUT2D eigenvalue weighted by molar-refractivity contribution is 7.90. The fourth-order valence-electron chi connectivity index (χ4n) is 3.40. The van der Waals surface area contributed by atoms with Gasteiger partial charge < -0.3 is 0 Å². The zero-order valence-electron chi connectivity index (χ0n) is 19.3. The molecule has 0 N–H and O–H groups in total. The molecule has 0 bridgehead atoms. The standard InChI is InChI=1S/C24H31F3O5S2/c1-3-4-5-6-7-8-17-33(28,29)18-20-11-13-21(14-12-20)23(24(25,26)27)32-34(30,31)22-15-9-19(2)10-16-22/h9-16,23H,3-8,17-18H2,1-2H3. The van der Waals surface area contributed by atoms with Crippen molar-refractivity contribution in [3.8, 4) is 0 Å². The van der Waals surface area contributed by atoms with E-state index in [1.54, 1.807) is 6.92 Å². The summed E-state index contributed by atoms with van der Waals surface area (Å²) < 4.78 is 95.1. The van der Waals surface area contributed by atoms with E-state index in [2.05, 4.69) is 11.1 Å². The van der Waals surface area contributed by atoms with Crippen LogP contribution in [0.1, 0.15) is 68.2 Å². The van der Waals surface area contributed by atoms with Gasteiger partial charge in [-0.25, -0.2) is 12.6 Å². The molecule has 0 heterocycles. The van der Waals surface area contributed by atoms with E-state index in [1.165, 1.54) is 36.4 Å². The molecule has 2 aromatic carbocycles. The Morgan fingerprint density at radius 3 is 1.94 bits per heavy atom. The van der Waals surface area contributed by atoms with Crippen LogP contribution in [0.5, 0.6) is 0 Å². The van der Waals surface area contributed by atoms with Gasteiger partial charge in [0.15, 0.2) is 15.9 Å². The molecule has 0 saturated heterocycles. The van der Waals surface area contributed by atoms with E-state index in [0.717, 1.165) is 49.8 Å². The van der Waals surface area contributed by atoms with Crippen molar-refractivity contribution in [1.82, 2.24) is 0 Å². The van der Waals surface area contributed by atoms with Crippen LogP contribution in [0.15, 0.2) is 53.4 Å². The quantitative estimate of drug-likeness (QED) is 0.229. The molecule has 0 saturated carbocycles. The predicted molar refractivity (Wildman–Crippen MR) is 126 cm³/mol. The number of benzene rings is 2. The maximum absolute atomic E-state index is 13.7. The van der Waals surface area contributed by atoms with Gasteiger partial charge in [0.05, 0.1) is 16.4 Å². The highest BCUT2D eigenvalue weighted by Gasteiger charge is 2.45. The summed E-state index contributed by atoms with van der Waals surface area (Å²) in [5, 5.41) is 0. The number of unbranched alkanes of at least 4 members (excludes halogenated alkanes) is 5. The summed E-state index contributed by atoms with van der Waals surface area (Å²) in [7, 11) is -8.09. The minimum absolute atomic E-state index is 0.0178. The lowest BCUT2D eigenvalue weighted by Crippen LogP contribution is -2.26. The number of aryl methyl sites for hydroxylation is 1. The first kappa shape index (κ1) is 28.3. The molecular weight excluding hydrogens is 489 g/mol. The van der Waals surface area contributed by atoms with Crippen molar-refractivity contribution in [3.63, 3.8) is 0 Å². The molecule has 190 valence electrons. The topological polar surface area (TPSA) is 77.5 Å². The SMILES string of the molecule is CCCCCCCCS(=O)(=O)Cc1ccc(C(OS(=O)(=O)c2ccc(C)cc2)C(F)(F)F)cc1. The molecule has 0 fully saturated rings. The number of alkyl halides is 3. The van der Waals surface area contributed by atoms with E-state index in [-0.39, 0.29) is 16.4 Å². The Kier molecular flexibility index (Phi) is 10.1. The number of halogens is 3. The van der Waals surface area contributed by atoms with Gasteiger partial charge in [0.25, 0.3) is 10.1 Å². The zero-order chi connectivity index (χ0) is 25.4. The van der Waals surface area contributed by atoms with E-state index in [9.17, 15) is 30.0 Å². The van der Waals surface area contributed by atoms with Gasteiger partial charge in [0, 0.05) is 0 Å². The Morgan fingerprint density at radius 1 is 0.824 bits per heavy atom. The molecular formula is C24H31F3O5S2. The van der Waals surface area contributed by atoms with E-state index >= 15 is 0 Å². The second kappa shape index (κ2) is 12.2. The van der Waals surface area contributed by atoms with Crippen LogP contribution >= 0.6 is 0 Å². The monoisotopic (exact) mass is 520 g/mol. The van der Waals surface area contributed by atoms with Gasteiger partial charge >= 0.3 is 6.18 Å². The molecule has 34 heavy (non-hydrogen) atoms. The minimum Gasteiger partial charge on any atom is -0.248 e. The Morgan fingerprint density at radius 2 is 1.38 bits per heavy atom. The molecule has 2 rings (SSSR count). The van der Waals surface area contributed by atoms with Crippen LogP contribution in [0, 0.1) is 6.92 Å². The predicted octanol–water partition coefficient (Wildman–Crippen LogP) is 6.28. The van der Waals surface area contributed by atoms with Crippen molar-refractivity contribution in [3.05, 3.63) is 65.2 Å². The lowest BCUT2D eigenvalue weighted by molar-refractivity contribution is -0.196. The third-order valence-electron chi connectivity index (χ3n) is 5.31. The van der Waals surface area contributed by atoms with Crippen LogP contribution in [0.4, 0.5) is 13.2 Å². The summed E-state index contributed by atoms with van der Waals surface area (Å²) in [5.41, 5.74) is 0.644. The van der Waals surface area contributed by atoms with Crippen LogP contribution in [0.25, 0.3) is 0 Å². The Balaban J connectivity index is 2.09. The van der Waals surface area contributed by atoms with Crippen LogP contribution < -0.4 is 0 Å². The second-order valence-electron chi connectivity index (χ2n) is 8.39. The van der Waals surface area contributed by atoms with Crippen molar-refractivity contribution in [1.29, 1.82) is 0 Å². The molecule has 0 aliphatic heterocycles. The fourth-order valence-corrected chi connectivity index (χ4v) is 5.95. The van der Waals surface area contributed by atoms with Gasteiger partial charge in [-0.1, -0.05) is 81.0 Å². The molecule has 10 heteroatoms. The zero-order valence-corrected chi connectivity index (χ0v) is 21.0. The van der Waals surface area contributed by atoms with Gasteiger partial charge in [0.1, 0.15) is 0 Å². The molecule has 0 radical (unpaired) electrons. The van der Waals surface area contributed by atoms with Gasteiger partial charge in [-0.3, -0.25) is 0 Å². The maximum atomic E-state index is 13.7. The van der Waals surface area contributed by atoms with Gasteiger partial charge in [-0.05, 0) is 36.6 Å². The highest BCUT2D eigenvalue weighted by atomic mass is 32.2. The molecule has 0 aliphatic rings. The Hall–Kier alpha value is -1.91. The van der Waals surface area contributed by atoms with Crippen LogP contribution in [-0.4, -0.2) is 28.8 Å². The van der Waals surface area contributed by atoms with Crippen LogP contribution in [0.3, 0.4) is 0 Å². The average Bonchev–Trinajstić information content (AvgIpc) is 2.74. The van der Waals surface area contributed by atoms with Crippen molar-refractivity contribution in [2.75, 3.05) is 5.75 Å². The molecule has 0 spiro atoms. The third kappa shape index (κ3) is 9.03. The first-order chi connectivity index (χ1) is 15.8. The lowest BCUT2D eigenvalue weighted by Gasteiger charge is -2.21. The lowest BCUT2D eigenvalue weighted by atomic mass is 10.1. The van der Waals surface area contributed by atoms with Crippen molar-refractivity contribution in [2.24, 2.45) is 0 Å². The van der Waals surface area contributed by atoms with Gasteiger partial charge in [-0.15, -0.1) is 0 Å². The molecule has 1 atom stereocenters. The summed E-state index contributed by atoms with van der Waals surface area (Å²) >= 11 is 0. The van der Waals surface area contributed by atoms with E-state index in [4.69, 9.17) is 0 Å². The van der Waals surface area contributed by atoms with Gasteiger partial charge in [0.2, 0.25) is 0 Å². The number of sulfone groups is 1. The van der Waals surface area contributed by atoms with E-state index < -0.39 is 37.8 Å². The number of hydrogen-bond donors (Lipinski definition) is 0. The summed E-state index contributed by atoms with van der Waals surface area (Å²) in [5.74, 6) is -0.272. The van der Waals surface area contributed by atoms with Crippen LogP contribution in [0.2, 0.25) is 0 Å². The summed E-state index contributed by atoms with van der Waals surface area (Å²) in [6, 6.07) is 9.89. The van der Waals surface area contributed by atoms with Crippen molar-refractivity contribution >= 4 is 20.0 Å². The van der Waals surface area contributed by atoms with E-state index in [1.807, 2.05) is 0 Å². The highest BCUT2D eigenvalue weighted by Crippen LogP contribution is 2.38. The van der Waals surface area contributed by atoms with E-state index in [0.29, 0.717) is 12.0 Å². The van der Waals surface area contributed by atoms with Crippen LogP contribution in [-0.2, 0) is 29.9 Å². The van der Waals surface area contributed by atoms with Gasteiger partial charge in [-0.2, -0.15) is 21.6 Å². The Bertz CT molecular complexity index is 1110. The first-order valence-corrected chi connectivity index (χ1v) is 14.4. The fraction of sp³-hybridized carbons (Fsp3) is 0.500. The number of hydrogen-bond acceptors (Lipinski definition) is 5. The number of rotatable bonds is 13. The van der Waals surface area contributed by atoms with Crippen molar-refractivity contribution in [2.45, 2.75) is 75.3 Å². The Labute approximate surface area is 200 Å². The first-order valence-electron chi connectivity index (χ1n) is 11.2. The van der Waals surface area contributed by atoms with Crippen molar-refractivity contribution < 1.29 is 34.2 Å². The summed E-state index contributed by atoms with van der Waals surface area (Å²) in [6.45, 7) is 3.81. The smallest absolute Gasteiger partial charge is 0.248 e. The average molecular weight is 521 g/mol. The maximum Gasteiger partial charge on any atom is 0.420 e. The largest absolute Gasteiger partial charge is 0.420 e. The molecule has 0 amide bonds. The molecule has 1 unspecified atom stereocenters. The minimum atomic E-state index is -5.00. The molecule has 2 aromatic rings. The third-order valence-corrected chi connectivity index (χ3v) is 8.29.